The predicted molar refractivity (Wildman–Crippen MR) is 48.5 cm³/mol. The number of hydrogen-bond acceptors (Lipinski definition) is 6. The quantitative estimate of drug-likeness (QED) is 0.274. The first-order chi connectivity index (χ1) is 7.75. The van der Waals surface area contributed by atoms with Crippen LogP contribution < -0.4 is 4.31 Å². The molecule has 0 saturated carbocycles. The van der Waals surface area contributed by atoms with Crippen molar-refractivity contribution in [1.29, 1.82) is 0 Å². The van der Waals surface area contributed by atoms with Crippen molar-refractivity contribution < 1.29 is 42.8 Å². The lowest BCUT2D eigenvalue weighted by Gasteiger charge is -2.08. The molecule has 0 aromatic rings. The van der Waals surface area contributed by atoms with Crippen molar-refractivity contribution in [2.75, 3.05) is 13.7 Å². The van der Waals surface area contributed by atoms with Crippen molar-refractivity contribution in [3.63, 3.8) is 0 Å². The standard InChI is InChI=1S/C4H7FN2O2S.CHF3O3S/c1-6-2-3-7(4-6)10(5,8)9;2-1(3,4)8(5,6)7/h2-3H,4H2,1H3;(H,5,6,7). The van der Waals surface area contributed by atoms with Crippen LogP contribution >= 0.6 is 0 Å². The van der Waals surface area contributed by atoms with Gasteiger partial charge in [0.2, 0.25) is 0 Å². The van der Waals surface area contributed by atoms with Crippen LogP contribution in [0.25, 0.3) is 0 Å². The van der Waals surface area contributed by atoms with E-state index >= 15 is 0 Å². The van der Waals surface area contributed by atoms with Crippen LogP contribution in [0.4, 0.5) is 17.1 Å². The van der Waals surface area contributed by atoms with Gasteiger partial charge in [-0.15, -0.1) is 8.42 Å². The Morgan fingerprint density at radius 1 is 1.28 bits per heavy atom. The van der Waals surface area contributed by atoms with Gasteiger partial charge in [-0.05, 0) is 0 Å². The smallest absolute Gasteiger partial charge is 0.485 e. The second-order valence-electron chi connectivity index (χ2n) is 3.03. The first-order valence-corrected chi connectivity index (χ1v) is 6.75. The van der Waals surface area contributed by atoms with E-state index in [2.05, 4.69) is 0 Å². The van der Waals surface area contributed by atoms with Gasteiger partial charge in [-0.25, -0.2) is 8.42 Å². The summed E-state index contributed by atoms with van der Waals surface area (Å²) in [5, 5.41) is 0. The van der Waals surface area contributed by atoms with Crippen LogP contribution in [0, 0.1) is 0 Å². The molecule has 0 aromatic carbocycles. The zero-order valence-corrected chi connectivity index (χ0v) is 10.3. The molecule has 7 nitrogen and oxygen atoms in total. The highest BCUT2D eigenvalue weighted by Crippen LogP contribution is 2.20. The number of rotatable bonds is 1. The zero-order valence-electron chi connectivity index (χ0n) is 8.68. The monoisotopic (exact) mass is 316 g/mol. The second kappa shape index (κ2) is 5.38. The first kappa shape index (κ1) is 17.1. The van der Waals surface area contributed by atoms with E-state index in [9.17, 15) is 25.5 Å². The number of hydrogen-bond donors (Lipinski definition) is 1. The highest BCUT2D eigenvalue weighted by molar-refractivity contribution is 7.86. The molecule has 0 amide bonds. The second-order valence-corrected chi connectivity index (χ2v) is 5.81. The lowest BCUT2D eigenvalue weighted by atomic mass is 10.9. The van der Waals surface area contributed by atoms with Crippen molar-refractivity contribution in [2.45, 2.75) is 5.51 Å². The van der Waals surface area contributed by atoms with Crippen LogP contribution in [0.15, 0.2) is 12.4 Å². The highest BCUT2D eigenvalue weighted by Gasteiger charge is 2.36. The van der Waals surface area contributed by atoms with Gasteiger partial charge in [0, 0.05) is 7.05 Å². The molecule has 0 fully saturated rings. The molecule has 1 aliphatic rings. The molecule has 0 aliphatic carbocycles. The maximum absolute atomic E-state index is 12.1. The van der Waals surface area contributed by atoms with Crippen molar-refractivity contribution in [1.82, 2.24) is 4.90 Å². The van der Waals surface area contributed by atoms with Gasteiger partial charge in [-0.1, -0.05) is 3.89 Å². The predicted octanol–water partition coefficient (Wildman–Crippen LogP) is -1.49. The Bertz CT molecular complexity index is 510. The Labute approximate surface area is 100 Å². The lowest BCUT2D eigenvalue weighted by molar-refractivity contribution is -0.713. The van der Waals surface area contributed by atoms with Crippen molar-refractivity contribution in [2.24, 2.45) is 0 Å². The molecule has 13 heteroatoms. The summed E-state index contributed by atoms with van der Waals surface area (Å²) in [6, 6.07) is 0. The Morgan fingerprint density at radius 2 is 1.67 bits per heavy atom. The lowest BCUT2D eigenvalue weighted by Crippen LogP contribution is -3.08. The van der Waals surface area contributed by atoms with Crippen molar-refractivity contribution >= 4 is 20.5 Å². The molecule has 1 heterocycles. The molecule has 1 rings (SSSR count). The third-order valence-electron chi connectivity index (χ3n) is 1.52. The fraction of sp³-hybridized carbons (Fsp3) is 0.600. The summed E-state index contributed by atoms with van der Waals surface area (Å²) in [6.45, 7) is 0.138. The molecular weight excluding hydrogens is 308 g/mol. The van der Waals surface area contributed by atoms with Gasteiger partial charge < -0.3 is 9.45 Å². The summed E-state index contributed by atoms with van der Waals surface area (Å²) in [4.78, 5) is 1.59. The third kappa shape index (κ3) is 5.61. The summed E-state index contributed by atoms with van der Waals surface area (Å²) in [6.07, 6.45) is 2.78. The third-order valence-corrected chi connectivity index (χ3v) is 2.98. The van der Waals surface area contributed by atoms with Gasteiger partial charge >= 0.3 is 15.9 Å². The Hall–Kier alpha value is -0.920. The van der Waals surface area contributed by atoms with Crippen molar-refractivity contribution in [3.05, 3.63) is 12.4 Å². The van der Waals surface area contributed by atoms with Gasteiger partial charge in [0.15, 0.2) is 16.8 Å². The number of halogens is 4. The average Bonchev–Trinajstić information content (AvgIpc) is 2.47. The minimum atomic E-state index is -6.09. The summed E-state index contributed by atoms with van der Waals surface area (Å²) in [5.41, 5.74) is -5.65. The van der Waals surface area contributed by atoms with E-state index in [0.717, 1.165) is 0 Å². The number of quaternary nitrogens is 1. The van der Waals surface area contributed by atoms with E-state index in [1.54, 1.807) is 11.9 Å². The Morgan fingerprint density at radius 3 is 1.78 bits per heavy atom. The summed E-state index contributed by atoms with van der Waals surface area (Å²) < 4.78 is 91.3. The number of nitrogens with one attached hydrogen (secondary N) is 1. The van der Waals surface area contributed by atoms with Gasteiger partial charge in [-0.3, -0.25) is 0 Å². The molecule has 0 bridgehead atoms. The molecular formula is C5H8F4N2O5S2. The van der Waals surface area contributed by atoms with Gasteiger partial charge in [0.25, 0.3) is 0 Å². The van der Waals surface area contributed by atoms with Crippen LogP contribution in [-0.4, -0.2) is 45.5 Å². The van der Waals surface area contributed by atoms with E-state index in [1.807, 2.05) is 0 Å². The normalized spacial score (nSPS) is 20.6. The fourth-order valence-corrected chi connectivity index (χ4v) is 1.30. The van der Waals surface area contributed by atoms with E-state index < -0.39 is 26.0 Å². The largest absolute Gasteiger partial charge is 0.741 e. The van der Waals surface area contributed by atoms with Crippen molar-refractivity contribution in [3.8, 4) is 0 Å². The Balaban J connectivity index is 0.000000331. The number of alkyl halides is 3. The van der Waals surface area contributed by atoms with E-state index in [1.165, 1.54) is 12.4 Å². The molecule has 0 saturated heterocycles. The van der Waals surface area contributed by atoms with Gasteiger partial charge in [0.1, 0.15) is 6.20 Å². The minimum absolute atomic E-state index is 0.138. The summed E-state index contributed by atoms with van der Waals surface area (Å²) >= 11 is 0. The van der Waals surface area contributed by atoms with Crippen LogP contribution in [0.3, 0.4) is 0 Å². The fourth-order valence-electron chi connectivity index (χ4n) is 0.720. The van der Waals surface area contributed by atoms with Crippen LogP contribution in [0.1, 0.15) is 0 Å². The molecule has 1 aliphatic heterocycles. The molecule has 108 valence electrons. The molecule has 0 aromatic heterocycles. The first-order valence-electron chi connectivity index (χ1n) is 3.96. The molecule has 1 atom stereocenters. The molecule has 1 N–H and O–H groups in total. The topological polar surface area (TPSA) is 99.0 Å². The van der Waals surface area contributed by atoms with E-state index in [4.69, 9.17) is 13.0 Å². The summed E-state index contributed by atoms with van der Waals surface area (Å²) in [5.74, 6) is 0. The minimum Gasteiger partial charge on any atom is -0.741 e. The van der Waals surface area contributed by atoms with E-state index in [0.29, 0.717) is 0 Å². The maximum Gasteiger partial charge on any atom is 0.485 e. The average molecular weight is 316 g/mol. The SMILES string of the molecule is CN1C=C[NH+](S(=O)(=O)F)C1.O=S(=O)([O-])C(F)(F)F. The maximum atomic E-state index is 12.1. The molecule has 0 spiro atoms. The zero-order chi connectivity index (χ0) is 14.8. The number of nitrogens with zero attached hydrogens (tertiary/aromatic N) is 1. The van der Waals surface area contributed by atoms with Crippen LogP contribution in [-0.2, 0) is 20.5 Å². The molecule has 0 radical (unpaired) electrons. The van der Waals surface area contributed by atoms with Crippen LogP contribution in [0.2, 0.25) is 0 Å². The van der Waals surface area contributed by atoms with Gasteiger partial charge in [0.05, 0.1) is 6.20 Å². The molecule has 18 heavy (non-hydrogen) atoms. The molecule has 1 unspecified atom stereocenters. The van der Waals surface area contributed by atoms with E-state index in [-0.39, 0.29) is 11.0 Å². The van der Waals surface area contributed by atoms with Crippen LogP contribution in [0.5, 0.6) is 0 Å². The van der Waals surface area contributed by atoms with Gasteiger partial charge in [-0.2, -0.15) is 17.5 Å². The summed E-state index contributed by atoms with van der Waals surface area (Å²) in [7, 11) is -8.86. The highest BCUT2D eigenvalue weighted by atomic mass is 32.3. The Kier molecular flexibility index (Phi) is 5.10.